The summed E-state index contributed by atoms with van der Waals surface area (Å²) in [5.41, 5.74) is 2.80. The third-order valence-corrected chi connectivity index (χ3v) is 4.35. The second-order valence-corrected chi connectivity index (χ2v) is 7.79. The van der Waals surface area contributed by atoms with Crippen molar-refractivity contribution in [2.75, 3.05) is 15.5 Å². The first-order valence-corrected chi connectivity index (χ1v) is 9.52. The number of rotatable bonds is 3. The maximum atomic E-state index is 12.8. The van der Waals surface area contributed by atoms with Crippen molar-refractivity contribution in [2.24, 2.45) is 0 Å². The van der Waals surface area contributed by atoms with Crippen molar-refractivity contribution in [3.8, 4) is 0 Å². The van der Waals surface area contributed by atoms with E-state index in [9.17, 15) is 14.4 Å². The van der Waals surface area contributed by atoms with E-state index in [2.05, 4.69) is 10.6 Å². The van der Waals surface area contributed by atoms with E-state index >= 15 is 0 Å². The number of hydrogen-bond acceptors (Lipinski definition) is 4. The van der Waals surface area contributed by atoms with Crippen LogP contribution in [0.1, 0.15) is 39.7 Å². The summed E-state index contributed by atoms with van der Waals surface area (Å²) in [7, 11) is 0. The number of aryl methyl sites for hydroxylation is 1. The Morgan fingerprint density at radius 1 is 1.14 bits per heavy atom. The molecule has 152 valence electrons. The Bertz CT molecular complexity index is 946. The Hall–Kier alpha value is -3.35. The molecule has 0 aromatic heterocycles. The fourth-order valence-corrected chi connectivity index (χ4v) is 3.14. The first-order valence-electron chi connectivity index (χ1n) is 9.52. The van der Waals surface area contributed by atoms with Gasteiger partial charge in [-0.25, -0.2) is 4.79 Å². The number of anilines is 4. The molecule has 0 unspecified atom stereocenters. The van der Waals surface area contributed by atoms with E-state index in [1.165, 1.54) is 4.90 Å². The summed E-state index contributed by atoms with van der Waals surface area (Å²) in [5, 5.41) is 5.52. The number of amides is 3. The molecule has 1 aliphatic rings. The van der Waals surface area contributed by atoms with Gasteiger partial charge in [0.15, 0.2) is 0 Å². The zero-order valence-electron chi connectivity index (χ0n) is 17.0. The third-order valence-electron chi connectivity index (χ3n) is 4.35. The molecular weight excluding hydrogens is 370 g/mol. The highest BCUT2D eigenvalue weighted by Crippen LogP contribution is 2.37. The molecule has 0 radical (unpaired) electrons. The van der Waals surface area contributed by atoms with Gasteiger partial charge in [0.1, 0.15) is 12.0 Å². The highest BCUT2D eigenvalue weighted by molar-refractivity contribution is 6.17. The minimum atomic E-state index is -0.595. The minimum absolute atomic E-state index is 0.240. The number of nitrogens with zero attached hydrogens (tertiary/aromatic N) is 1. The molecule has 0 aliphatic carbocycles. The smallest absolute Gasteiger partial charge is 0.412 e. The SMILES string of the molecule is CCc1cccc2c1NC(=O)CC(=O)N2c1ccc(NC(=O)OC(C)(C)C)cc1. The van der Waals surface area contributed by atoms with E-state index in [1.54, 1.807) is 45.0 Å². The molecule has 0 saturated heterocycles. The Balaban J connectivity index is 1.91. The number of carbonyl (C=O) groups excluding carboxylic acids is 3. The van der Waals surface area contributed by atoms with Crippen molar-refractivity contribution in [3.63, 3.8) is 0 Å². The van der Waals surface area contributed by atoms with Crippen LogP contribution in [0.2, 0.25) is 0 Å². The lowest BCUT2D eigenvalue weighted by molar-refractivity contribution is -0.124. The molecule has 7 heteroatoms. The van der Waals surface area contributed by atoms with Gasteiger partial charge in [-0.2, -0.15) is 0 Å². The fourth-order valence-electron chi connectivity index (χ4n) is 3.14. The highest BCUT2D eigenvalue weighted by atomic mass is 16.6. The molecule has 0 atom stereocenters. The zero-order valence-corrected chi connectivity index (χ0v) is 17.0. The van der Waals surface area contributed by atoms with Crippen LogP contribution < -0.4 is 15.5 Å². The molecule has 2 N–H and O–H groups in total. The van der Waals surface area contributed by atoms with Gasteiger partial charge in [0, 0.05) is 11.4 Å². The van der Waals surface area contributed by atoms with Crippen molar-refractivity contribution in [1.29, 1.82) is 0 Å². The number of nitrogens with one attached hydrogen (secondary N) is 2. The summed E-state index contributed by atoms with van der Waals surface area (Å²) in [6.07, 6.45) is -0.0659. The average molecular weight is 395 g/mol. The second kappa shape index (κ2) is 7.95. The normalized spacial score (nSPS) is 14.0. The number of fused-ring (bicyclic) bond motifs is 1. The summed E-state index contributed by atoms with van der Waals surface area (Å²) in [5.74, 6) is -0.648. The Morgan fingerprint density at radius 3 is 2.45 bits per heavy atom. The number of carbonyl (C=O) groups is 3. The molecule has 3 amide bonds. The summed E-state index contributed by atoms with van der Waals surface area (Å²) in [6.45, 7) is 7.36. The van der Waals surface area contributed by atoms with Crippen molar-refractivity contribution >= 4 is 40.7 Å². The maximum Gasteiger partial charge on any atom is 0.412 e. The van der Waals surface area contributed by atoms with E-state index in [1.807, 2.05) is 25.1 Å². The third kappa shape index (κ3) is 4.74. The standard InChI is InChI=1S/C22H25N3O4/c1-5-14-7-6-8-17-20(14)24-18(26)13-19(27)25(17)16-11-9-15(10-12-16)23-21(28)29-22(2,3)4/h6-12H,5,13H2,1-4H3,(H,23,28)(H,24,26). The zero-order chi connectivity index (χ0) is 21.2. The number of ether oxygens (including phenoxy) is 1. The molecular formula is C22H25N3O4. The van der Waals surface area contributed by atoms with Gasteiger partial charge in [0.25, 0.3) is 0 Å². The molecule has 1 heterocycles. The van der Waals surface area contributed by atoms with Gasteiger partial charge in [-0.1, -0.05) is 19.1 Å². The van der Waals surface area contributed by atoms with E-state index in [0.29, 0.717) is 22.7 Å². The molecule has 2 aromatic rings. The van der Waals surface area contributed by atoms with Crippen LogP contribution >= 0.6 is 0 Å². The van der Waals surface area contributed by atoms with Crippen LogP contribution in [-0.4, -0.2) is 23.5 Å². The van der Waals surface area contributed by atoms with Crippen molar-refractivity contribution < 1.29 is 19.1 Å². The van der Waals surface area contributed by atoms with Gasteiger partial charge in [0.05, 0.1) is 11.4 Å². The summed E-state index contributed by atoms with van der Waals surface area (Å²) >= 11 is 0. The minimum Gasteiger partial charge on any atom is -0.444 e. The van der Waals surface area contributed by atoms with Crippen LogP contribution in [0.4, 0.5) is 27.5 Å². The van der Waals surface area contributed by atoms with Crippen molar-refractivity contribution in [3.05, 3.63) is 48.0 Å². The lowest BCUT2D eigenvalue weighted by atomic mass is 10.1. The summed E-state index contributed by atoms with van der Waals surface area (Å²) < 4.78 is 5.25. The molecule has 2 aromatic carbocycles. The summed E-state index contributed by atoms with van der Waals surface area (Å²) in [6, 6.07) is 12.4. The van der Waals surface area contributed by atoms with Crippen LogP contribution in [0, 0.1) is 0 Å². The molecule has 0 bridgehead atoms. The van der Waals surface area contributed by atoms with Crippen LogP contribution in [0.3, 0.4) is 0 Å². The molecule has 7 nitrogen and oxygen atoms in total. The molecule has 0 spiro atoms. The van der Waals surface area contributed by atoms with E-state index in [4.69, 9.17) is 4.74 Å². The Kier molecular flexibility index (Phi) is 5.59. The van der Waals surface area contributed by atoms with Gasteiger partial charge < -0.3 is 10.1 Å². The van der Waals surface area contributed by atoms with Crippen LogP contribution in [0.25, 0.3) is 0 Å². The number of benzene rings is 2. The van der Waals surface area contributed by atoms with E-state index in [-0.39, 0.29) is 18.2 Å². The fraction of sp³-hybridized carbons (Fsp3) is 0.318. The van der Waals surface area contributed by atoms with E-state index in [0.717, 1.165) is 12.0 Å². The number of hydrogen-bond donors (Lipinski definition) is 2. The second-order valence-electron chi connectivity index (χ2n) is 7.79. The topological polar surface area (TPSA) is 87.7 Å². The van der Waals surface area contributed by atoms with Gasteiger partial charge in [-0.3, -0.25) is 19.8 Å². The highest BCUT2D eigenvalue weighted by Gasteiger charge is 2.28. The summed E-state index contributed by atoms with van der Waals surface area (Å²) in [4.78, 5) is 38.4. The molecule has 0 fully saturated rings. The lowest BCUT2D eigenvalue weighted by Crippen LogP contribution is -2.27. The lowest BCUT2D eigenvalue weighted by Gasteiger charge is -2.24. The largest absolute Gasteiger partial charge is 0.444 e. The van der Waals surface area contributed by atoms with Gasteiger partial charge in [-0.05, 0) is 63.1 Å². The Morgan fingerprint density at radius 2 is 1.83 bits per heavy atom. The van der Waals surface area contributed by atoms with Gasteiger partial charge in [-0.15, -0.1) is 0 Å². The molecule has 0 saturated carbocycles. The predicted octanol–water partition coefficient (Wildman–Crippen LogP) is 4.60. The van der Waals surface area contributed by atoms with Crippen molar-refractivity contribution in [1.82, 2.24) is 0 Å². The van der Waals surface area contributed by atoms with Crippen LogP contribution in [-0.2, 0) is 20.7 Å². The van der Waals surface area contributed by atoms with Crippen molar-refractivity contribution in [2.45, 2.75) is 46.1 Å². The van der Waals surface area contributed by atoms with Crippen LogP contribution in [0.5, 0.6) is 0 Å². The van der Waals surface area contributed by atoms with E-state index < -0.39 is 11.7 Å². The van der Waals surface area contributed by atoms with Gasteiger partial charge in [0.2, 0.25) is 11.8 Å². The first kappa shape index (κ1) is 20.4. The quantitative estimate of drug-likeness (QED) is 0.744. The average Bonchev–Trinajstić information content (AvgIpc) is 2.75. The van der Waals surface area contributed by atoms with Gasteiger partial charge >= 0.3 is 6.09 Å². The predicted molar refractivity (Wildman–Crippen MR) is 113 cm³/mol. The Labute approximate surface area is 170 Å². The number of para-hydroxylation sites is 1. The maximum absolute atomic E-state index is 12.8. The molecule has 1 aliphatic heterocycles. The van der Waals surface area contributed by atoms with Crippen LogP contribution in [0.15, 0.2) is 42.5 Å². The molecule has 3 rings (SSSR count). The first-order chi connectivity index (χ1) is 13.7. The molecule has 29 heavy (non-hydrogen) atoms. The monoisotopic (exact) mass is 395 g/mol.